The summed E-state index contributed by atoms with van der Waals surface area (Å²) in [5.41, 5.74) is 1.41. The van der Waals surface area contributed by atoms with Crippen molar-refractivity contribution in [3.05, 3.63) is 76.0 Å². The number of fused-ring (bicyclic) bond motifs is 1. The second-order valence-corrected chi connectivity index (χ2v) is 10.1. The van der Waals surface area contributed by atoms with Gasteiger partial charge in [-0.15, -0.1) is 11.3 Å². The minimum Gasteiger partial charge on any atom is -0.497 e. The second kappa shape index (κ2) is 11.7. The molecule has 0 saturated carbocycles. The van der Waals surface area contributed by atoms with Gasteiger partial charge in [-0.05, 0) is 60.2 Å². The molecule has 0 spiro atoms. The maximum atomic E-state index is 13.8. The van der Waals surface area contributed by atoms with E-state index in [0.717, 1.165) is 23.3 Å². The number of rotatable bonds is 10. The fourth-order valence-corrected chi connectivity index (χ4v) is 5.26. The van der Waals surface area contributed by atoms with Crippen molar-refractivity contribution in [1.82, 2.24) is 9.80 Å². The molecule has 1 saturated heterocycles. The highest BCUT2D eigenvalue weighted by atomic mass is 32.1. The lowest BCUT2D eigenvalue weighted by molar-refractivity contribution is -0.133. The van der Waals surface area contributed by atoms with Gasteiger partial charge in [-0.2, -0.15) is 0 Å². The summed E-state index contributed by atoms with van der Waals surface area (Å²) in [5, 5.41) is 1.99. The van der Waals surface area contributed by atoms with Gasteiger partial charge in [0, 0.05) is 30.1 Å². The molecule has 0 unspecified atom stereocenters. The van der Waals surface area contributed by atoms with Crippen LogP contribution in [0.1, 0.15) is 33.6 Å². The van der Waals surface area contributed by atoms with E-state index in [1.54, 1.807) is 52.5 Å². The zero-order valence-corrected chi connectivity index (χ0v) is 21.6. The predicted octanol–water partition coefficient (Wildman–Crippen LogP) is 4.34. The molecular weight excluding hydrogens is 492 g/mol. The lowest BCUT2D eigenvalue weighted by Crippen LogP contribution is -2.45. The zero-order valence-electron chi connectivity index (χ0n) is 20.8. The Kier molecular flexibility index (Phi) is 7.91. The molecule has 2 aliphatic heterocycles. The number of hydrogen-bond donors (Lipinski definition) is 0. The summed E-state index contributed by atoms with van der Waals surface area (Å²) >= 11 is 1.60. The number of methoxy groups -OCH3 is 1. The van der Waals surface area contributed by atoms with Gasteiger partial charge in [0.2, 0.25) is 12.7 Å². The molecule has 1 atom stereocenters. The Morgan fingerprint density at radius 3 is 2.70 bits per heavy atom. The van der Waals surface area contributed by atoms with Gasteiger partial charge < -0.3 is 28.7 Å². The van der Waals surface area contributed by atoms with E-state index >= 15 is 0 Å². The summed E-state index contributed by atoms with van der Waals surface area (Å²) < 4.78 is 22.1. The van der Waals surface area contributed by atoms with Crippen LogP contribution in [0, 0.1) is 0 Å². The van der Waals surface area contributed by atoms with Gasteiger partial charge in [0.25, 0.3) is 5.91 Å². The molecule has 0 aliphatic carbocycles. The fraction of sp³-hybridized carbons (Fsp3) is 0.357. The Morgan fingerprint density at radius 1 is 1.03 bits per heavy atom. The lowest BCUT2D eigenvalue weighted by Gasteiger charge is -2.29. The maximum Gasteiger partial charge on any atom is 0.254 e. The van der Waals surface area contributed by atoms with E-state index in [1.165, 1.54) is 0 Å². The van der Waals surface area contributed by atoms with Crippen LogP contribution in [0.5, 0.6) is 17.2 Å². The van der Waals surface area contributed by atoms with E-state index in [0.29, 0.717) is 49.1 Å². The Balaban J connectivity index is 1.37. The van der Waals surface area contributed by atoms with E-state index < -0.39 is 0 Å². The molecule has 2 aliphatic rings. The van der Waals surface area contributed by atoms with Crippen LogP contribution >= 0.6 is 11.3 Å². The summed E-state index contributed by atoms with van der Waals surface area (Å²) in [5.74, 6) is 1.61. The molecule has 194 valence electrons. The fourth-order valence-electron chi connectivity index (χ4n) is 4.54. The number of carbonyl (C=O) groups excluding carboxylic acids is 2. The number of thiophene rings is 1. The van der Waals surface area contributed by atoms with Crippen LogP contribution in [0.3, 0.4) is 0 Å². The largest absolute Gasteiger partial charge is 0.497 e. The van der Waals surface area contributed by atoms with E-state index in [-0.39, 0.29) is 31.3 Å². The van der Waals surface area contributed by atoms with Crippen molar-refractivity contribution in [2.75, 3.05) is 33.6 Å². The molecule has 2 aromatic carbocycles. The first kappa shape index (κ1) is 25.1. The van der Waals surface area contributed by atoms with Crippen molar-refractivity contribution in [2.24, 2.45) is 0 Å². The highest BCUT2D eigenvalue weighted by Gasteiger charge is 2.28. The molecule has 0 bridgehead atoms. The Hall–Kier alpha value is -3.56. The summed E-state index contributed by atoms with van der Waals surface area (Å²) in [6, 6.07) is 16.7. The Bertz CT molecular complexity index is 1230. The van der Waals surface area contributed by atoms with Gasteiger partial charge >= 0.3 is 0 Å². The van der Waals surface area contributed by atoms with E-state index in [9.17, 15) is 9.59 Å². The highest BCUT2D eigenvalue weighted by molar-refractivity contribution is 7.09. The summed E-state index contributed by atoms with van der Waals surface area (Å²) in [7, 11) is 1.57. The molecule has 0 radical (unpaired) electrons. The second-order valence-electron chi connectivity index (χ2n) is 9.07. The standard InChI is InChI=1S/C28H30N2O6S/c1-33-22-6-2-5-21(14-22)28(32)30(16-23-7-3-11-34-23)18-27(31)29(17-24-8-4-12-37-24)15-20-9-10-25-26(13-20)36-19-35-25/h2,4-6,8-10,12-14,23H,3,7,11,15-19H2,1H3/t23-/m0/s1. The highest BCUT2D eigenvalue weighted by Crippen LogP contribution is 2.33. The summed E-state index contributed by atoms with van der Waals surface area (Å²) in [4.78, 5) is 31.8. The van der Waals surface area contributed by atoms with Gasteiger partial charge in [-0.3, -0.25) is 9.59 Å². The van der Waals surface area contributed by atoms with Gasteiger partial charge in [0.1, 0.15) is 12.3 Å². The average Bonchev–Trinajstić information content (AvgIpc) is 3.71. The van der Waals surface area contributed by atoms with E-state index in [4.69, 9.17) is 18.9 Å². The molecule has 37 heavy (non-hydrogen) atoms. The van der Waals surface area contributed by atoms with Crippen LogP contribution in [-0.2, 0) is 22.6 Å². The molecule has 1 aromatic heterocycles. The first-order valence-electron chi connectivity index (χ1n) is 12.3. The van der Waals surface area contributed by atoms with Crippen LogP contribution in [-0.4, -0.2) is 61.3 Å². The third-order valence-corrected chi connectivity index (χ3v) is 7.33. The minimum atomic E-state index is -0.220. The van der Waals surface area contributed by atoms with E-state index in [1.807, 2.05) is 35.7 Å². The SMILES string of the molecule is COc1cccc(C(=O)N(CC(=O)N(Cc2ccc3c(c2)OCO3)Cc2cccs2)C[C@@H]2CCCO2)c1. The third-order valence-electron chi connectivity index (χ3n) is 6.47. The van der Waals surface area contributed by atoms with Crippen molar-refractivity contribution < 1.29 is 28.5 Å². The monoisotopic (exact) mass is 522 g/mol. The quantitative estimate of drug-likeness (QED) is 0.394. The molecule has 9 heteroatoms. The van der Waals surface area contributed by atoms with Crippen molar-refractivity contribution >= 4 is 23.2 Å². The van der Waals surface area contributed by atoms with Crippen molar-refractivity contribution in [3.63, 3.8) is 0 Å². The molecule has 5 rings (SSSR count). The van der Waals surface area contributed by atoms with Crippen LogP contribution in [0.15, 0.2) is 60.0 Å². The molecule has 0 N–H and O–H groups in total. The first-order valence-corrected chi connectivity index (χ1v) is 13.2. The summed E-state index contributed by atoms with van der Waals surface area (Å²) in [6.07, 6.45) is 1.74. The van der Waals surface area contributed by atoms with Gasteiger partial charge in [-0.25, -0.2) is 0 Å². The van der Waals surface area contributed by atoms with Crippen molar-refractivity contribution in [3.8, 4) is 17.2 Å². The number of ether oxygens (including phenoxy) is 4. The number of carbonyl (C=O) groups is 2. The van der Waals surface area contributed by atoms with Gasteiger partial charge in [-0.1, -0.05) is 18.2 Å². The molecule has 3 aromatic rings. The van der Waals surface area contributed by atoms with Crippen LogP contribution in [0.25, 0.3) is 0 Å². The third kappa shape index (κ3) is 6.23. The molecular formula is C28H30N2O6S. The topological polar surface area (TPSA) is 77.5 Å². The van der Waals surface area contributed by atoms with Gasteiger partial charge in [0.05, 0.1) is 19.8 Å². The molecule has 8 nitrogen and oxygen atoms in total. The van der Waals surface area contributed by atoms with Gasteiger partial charge in [0.15, 0.2) is 11.5 Å². The van der Waals surface area contributed by atoms with Crippen LogP contribution in [0.2, 0.25) is 0 Å². The molecule has 1 fully saturated rings. The van der Waals surface area contributed by atoms with Crippen molar-refractivity contribution in [2.45, 2.75) is 32.0 Å². The minimum absolute atomic E-state index is 0.0498. The predicted molar refractivity (Wildman–Crippen MR) is 139 cm³/mol. The zero-order chi connectivity index (χ0) is 25.6. The number of hydrogen-bond acceptors (Lipinski definition) is 7. The first-order chi connectivity index (χ1) is 18.1. The maximum absolute atomic E-state index is 13.8. The molecule has 3 heterocycles. The number of nitrogens with zero attached hydrogens (tertiary/aromatic N) is 2. The number of benzene rings is 2. The Labute approximate surface area is 220 Å². The number of amides is 2. The van der Waals surface area contributed by atoms with E-state index in [2.05, 4.69) is 0 Å². The average molecular weight is 523 g/mol. The smallest absolute Gasteiger partial charge is 0.254 e. The van der Waals surface area contributed by atoms with Crippen molar-refractivity contribution in [1.29, 1.82) is 0 Å². The normalized spacial score (nSPS) is 16.0. The lowest BCUT2D eigenvalue weighted by atomic mass is 10.1. The van der Waals surface area contributed by atoms with Crippen LogP contribution < -0.4 is 14.2 Å². The summed E-state index contributed by atoms with van der Waals surface area (Å²) in [6.45, 7) is 2.01. The Morgan fingerprint density at radius 2 is 1.92 bits per heavy atom. The molecule has 2 amide bonds. The van der Waals surface area contributed by atoms with Crippen LogP contribution in [0.4, 0.5) is 0 Å².